The van der Waals surface area contributed by atoms with Crippen molar-refractivity contribution in [3.05, 3.63) is 0 Å². The van der Waals surface area contributed by atoms with Gasteiger partial charge in [-0.05, 0) is 54.4 Å². The number of hydrogen-bond acceptors (Lipinski definition) is 3. The van der Waals surface area contributed by atoms with E-state index in [0.29, 0.717) is 0 Å². The quantitative estimate of drug-likeness (QED) is 0.0450. The molecule has 0 atom stereocenters. The van der Waals surface area contributed by atoms with E-state index < -0.39 is 32.3 Å². The first-order chi connectivity index (χ1) is 29.8. The highest BCUT2D eigenvalue weighted by molar-refractivity contribution is 6.86. The lowest BCUT2D eigenvalue weighted by atomic mass is 10.2. The Labute approximate surface area is 391 Å². The third-order valence-corrected chi connectivity index (χ3v) is 27.9. The van der Waals surface area contributed by atoms with Gasteiger partial charge in [0, 0.05) is 0 Å². The summed E-state index contributed by atoms with van der Waals surface area (Å²) < 4.78 is 24.7. The topological polar surface area (TPSA) is 27.7 Å². The number of rotatable bonds is 51. The van der Waals surface area contributed by atoms with Crippen molar-refractivity contribution in [2.24, 2.45) is 0 Å². The molecule has 3 nitrogen and oxygen atoms in total. The summed E-state index contributed by atoms with van der Waals surface area (Å²) in [5, 5.41) is 0. The predicted molar refractivity (Wildman–Crippen MR) is 287 cm³/mol. The maximum absolute atomic E-state index is 8.22. The van der Waals surface area contributed by atoms with Crippen molar-refractivity contribution in [2.45, 2.75) is 348 Å². The molecule has 0 aromatic rings. The van der Waals surface area contributed by atoms with Crippen LogP contribution in [0, 0.1) is 0 Å². The van der Waals surface area contributed by atoms with E-state index in [2.05, 4.69) is 62.3 Å². The van der Waals surface area contributed by atoms with Crippen molar-refractivity contribution < 1.29 is 13.0 Å². The van der Waals surface area contributed by atoms with Crippen LogP contribution in [0.4, 0.5) is 0 Å². The molecule has 0 unspecified atom stereocenters. The van der Waals surface area contributed by atoms with Crippen LogP contribution in [0.25, 0.3) is 0 Å². The third-order valence-electron chi connectivity index (χ3n) is 14.4. The smallest absolute Gasteiger partial charge is 0.429 e. The molecular formula is C54H117BO3Si3. The van der Waals surface area contributed by atoms with Gasteiger partial charge in [0.05, 0.1) is 0 Å². The first kappa shape index (κ1) is 61.6. The normalized spacial score (nSPS) is 12.5. The van der Waals surface area contributed by atoms with Crippen molar-refractivity contribution in [3.8, 4) is 0 Å². The molecule has 0 saturated carbocycles. The summed E-state index contributed by atoms with van der Waals surface area (Å²) in [5.74, 6) is 0. The van der Waals surface area contributed by atoms with E-state index in [-0.39, 0.29) is 0 Å². The number of unbranched alkanes of at least 4 members (excludes halogenated alkanes) is 27. The minimum atomic E-state index is -2.18. The van der Waals surface area contributed by atoms with Crippen molar-refractivity contribution in [1.29, 1.82) is 0 Å². The van der Waals surface area contributed by atoms with Gasteiger partial charge in [0.15, 0.2) is 25.0 Å². The zero-order valence-corrected chi connectivity index (χ0v) is 47.1. The van der Waals surface area contributed by atoms with Crippen LogP contribution in [0.2, 0.25) is 54.4 Å². The molecule has 0 aromatic heterocycles. The third kappa shape index (κ3) is 33.7. The highest BCUT2D eigenvalue weighted by atomic mass is 28.4. The summed E-state index contributed by atoms with van der Waals surface area (Å²) in [4.78, 5) is 0. The SMILES string of the molecule is CCCCCC[Si](CCCCCC)(CCCCCC)OB(O[Si](CCCCCC)(CCCCCC)CCCCCC)O[Si](CCCCCC)(CCCCCC)CCCCCC. The molecule has 0 N–H and O–H groups in total. The molecular weight excluding hydrogens is 792 g/mol. The zero-order chi connectivity index (χ0) is 45.0. The fraction of sp³-hybridized carbons (Fsp3) is 1.00. The largest absolute Gasteiger partial charge is 0.606 e. The fourth-order valence-corrected chi connectivity index (χ4v) is 23.4. The molecule has 0 heterocycles. The van der Waals surface area contributed by atoms with Crippen molar-refractivity contribution in [1.82, 2.24) is 0 Å². The molecule has 366 valence electrons. The lowest BCUT2D eigenvalue weighted by Gasteiger charge is -2.43. The standard InChI is InChI=1S/C54H117BO3Si3/c1-10-19-28-37-46-59(47-38-29-20-11-2,48-39-30-21-12-3)56-55(57-60(49-40-31-22-13-4,50-41-32-23-14-5)51-42-33-24-15-6)58-61(52-43-34-25-16-7,53-44-35-26-17-8)54-45-36-27-18-9/h10-54H2,1-9H3. The van der Waals surface area contributed by atoms with Crippen LogP contribution < -0.4 is 0 Å². The van der Waals surface area contributed by atoms with Crippen molar-refractivity contribution in [2.75, 3.05) is 0 Å². The second kappa shape index (κ2) is 44.4. The first-order valence-corrected chi connectivity index (χ1v) is 36.5. The Morgan fingerprint density at radius 3 is 0.443 bits per heavy atom. The molecule has 0 amide bonds. The van der Waals surface area contributed by atoms with Gasteiger partial charge in [-0.3, -0.25) is 0 Å². The van der Waals surface area contributed by atoms with E-state index in [4.69, 9.17) is 13.0 Å². The Balaban J connectivity index is 7.74. The fourth-order valence-electron chi connectivity index (χ4n) is 10.2. The molecule has 0 radical (unpaired) electrons. The molecule has 0 aromatic carbocycles. The van der Waals surface area contributed by atoms with Gasteiger partial charge in [0.25, 0.3) is 0 Å². The summed E-state index contributed by atoms with van der Waals surface area (Å²) in [7, 11) is -6.93. The minimum Gasteiger partial charge on any atom is -0.429 e. The summed E-state index contributed by atoms with van der Waals surface area (Å²) in [6, 6.07) is 11.9. The molecule has 0 aliphatic rings. The van der Waals surface area contributed by atoms with E-state index >= 15 is 0 Å². The van der Waals surface area contributed by atoms with Crippen LogP contribution in [-0.4, -0.2) is 32.3 Å². The molecule has 0 fully saturated rings. The van der Waals surface area contributed by atoms with Crippen molar-refractivity contribution >= 4 is 32.3 Å². The maximum atomic E-state index is 8.22. The zero-order valence-electron chi connectivity index (χ0n) is 44.1. The second-order valence-corrected chi connectivity index (χ2v) is 32.8. The van der Waals surface area contributed by atoms with E-state index in [1.807, 2.05) is 0 Å². The van der Waals surface area contributed by atoms with Crippen LogP contribution in [0.15, 0.2) is 0 Å². The first-order valence-electron chi connectivity index (χ1n) is 28.9. The molecule has 0 aliphatic carbocycles. The molecule has 0 bridgehead atoms. The van der Waals surface area contributed by atoms with E-state index in [9.17, 15) is 0 Å². The van der Waals surface area contributed by atoms with E-state index in [1.54, 1.807) is 0 Å². The lowest BCUT2D eigenvalue weighted by molar-refractivity contribution is 0.277. The lowest BCUT2D eigenvalue weighted by Crippen LogP contribution is -2.56. The maximum Gasteiger partial charge on any atom is 0.606 e. The molecule has 0 rings (SSSR count). The number of hydrogen-bond donors (Lipinski definition) is 0. The average Bonchev–Trinajstić information content (AvgIpc) is 3.26. The summed E-state index contributed by atoms with van der Waals surface area (Å²) in [6.45, 7) is 21.4. The van der Waals surface area contributed by atoms with Gasteiger partial charge in [-0.25, -0.2) is 0 Å². The monoisotopic (exact) mass is 909 g/mol. The van der Waals surface area contributed by atoms with Gasteiger partial charge in [-0.15, -0.1) is 0 Å². The average molecular weight is 910 g/mol. The van der Waals surface area contributed by atoms with Crippen molar-refractivity contribution in [3.63, 3.8) is 0 Å². The Kier molecular flexibility index (Phi) is 44.9. The Hall–Kier alpha value is 0.596. The van der Waals surface area contributed by atoms with Gasteiger partial charge in [0.1, 0.15) is 0 Å². The Morgan fingerprint density at radius 1 is 0.197 bits per heavy atom. The molecule has 0 aliphatic heterocycles. The minimum absolute atomic E-state index is 0.402. The van der Waals surface area contributed by atoms with Gasteiger partial charge in [-0.1, -0.05) is 293 Å². The van der Waals surface area contributed by atoms with E-state index in [1.165, 1.54) is 286 Å². The van der Waals surface area contributed by atoms with Crippen LogP contribution in [-0.2, 0) is 13.0 Å². The Morgan fingerprint density at radius 2 is 0.328 bits per heavy atom. The van der Waals surface area contributed by atoms with Crippen LogP contribution in [0.1, 0.15) is 293 Å². The van der Waals surface area contributed by atoms with E-state index in [0.717, 1.165) is 0 Å². The summed E-state index contributed by atoms with van der Waals surface area (Å²) in [6.07, 6.45) is 48.4. The van der Waals surface area contributed by atoms with Crippen LogP contribution in [0.3, 0.4) is 0 Å². The molecule has 7 heteroatoms. The highest BCUT2D eigenvalue weighted by Crippen LogP contribution is 2.39. The van der Waals surface area contributed by atoms with Gasteiger partial charge in [0.2, 0.25) is 0 Å². The Bertz CT molecular complexity index is 675. The molecule has 0 saturated heterocycles. The predicted octanol–water partition coefficient (Wildman–Crippen LogP) is 21.1. The summed E-state index contributed by atoms with van der Waals surface area (Å²) >= 11 is 0. The van der Waals surface area contributed by atoms with Gasteiger partial charge < -0.3 is 13.0 Å². The highest BCUT2D eigenvalue weighted by Gasteiger charge is 2.48. The van der Waals surface area contributed by atoms with Crippen LogP contribution >= 0.6 is 0 Å². The van der Waals surface area contributed by atoms with Crippen LogP contribution in [0.5, 0.6) is 0 Å². The van der Waals surface area contributed by atoms with Gasteiger partial charge >= 0.3 is 7.32 Å². The summed E-state index contributed by atoms with van der Waals surface area (Å²) in [5.41, 5.74) is 0. The van der Waals surface area contributed by atoms with Gasteiger partial charge in [-0.2, -0.15) is 0 Å². The molecule has 0 spiro atoms. The molecule has 61 heavy (non-hydrogen) atoms. The second-order valence-electron chi connectivity index (χ2n) is 20.5.